The number of hydrogen-bond donors (Lipinski definition) is 2. The summed E-state index contributed by atoms with van der Waals surface area (Å²) in [6.07, 6.45) is 8.25. The van der Waals surface area contributed by atoms with E-state index in [0.717, 1.165) is 13.1 Å². The van der Waals surface area contributed by atoms with Crippen LogP contribution in [0.15, 0.2) is 0 Å². The van der Waals surface area contributed by atoms with Crippen LogP contribution in [0, 0.1) is 0 Å². The molecule has 1 saturated heterocycles. The molecule has 0 bridgehead atoms. The minimum atomic E-state index is -0.100. The zero-order valence-electron chi connectivity index (χ0n) is 10.5. The van der Waals surface area contributed by atoms with Gasteiger partial charge >= 0.3 is 0 Å². The maximum Gasteiger partial charge on any atom is 0.237 e. The summed E-state index contributed by atoms with van der Waals surface area (Å²) in [5, 5.41) is 12.0. The molecule has 1 aliphatic heterocycles. The zero-order valence-corrected chi connectivity index (χ0v) is 10.5. The Morgan fingerprint density at radius 2 is 1.94 bits per heavy atom. The molecule has 0 spiro atoms. The smallest absolute Gasteiger partial charge is 0.237 e. The Labute approximate surface area is 103 Å². The van der Waals surface area contributed by atoms with Crippen LogP contribution in [-0.2, 0) is 4.79 Å². The Morgan fingerprint density at radius 3 is 2.59 bits per heavy atom. The maximum atomic E-state index is 11.9. The van der Waals surface area contributed by atoms with E-state index in [0.29, 0.717) is 12.5 Å². The van der Waals surface area contributed by atoms with Crippen LogP contribution in [0.5, 0.6) is 0 Å². The van der Waals surface area contributed by atoms with Gasteiger partial charge in [-0.3, -0.25) is 9.69 Å². The van der Waals surface area contributed by atoms with Crippen molar-refractivity contribution in [2.24, 2.45) is 0 Å². The van der Waals surface area contributed by atoms with Crippen LogP contribution in [0.4, 0.5) is 0 Å². The highest BCUT2D eigenvalue weighted by atomic mass is 16.3. The lowest BCUT2D eigenvalue weighted by molar-refractivity contribution is -0.131. The molecule has 1 aliphatic carbocycles. The van der Waals surface area contributed by atoms with Crippen LogP contribution in [0.1, 0.15) is 44.9 Å². The van der Waals surface area contributed by atoms with Gasteiger partial charge in [-0.25, -0.2) is 0 Å². The van der Waals surface area contributed by atoms with Gasteiger partial charge in [-0.2, -0.15) is 0 Å². The first-order chi connectivity index (χ1) is 8.33. The number of nitrogens with zero attached hydrogens (tertiary/aromatic N) is 1. The minimum Gasteiger partial charge on any atom is -0.396 e. The molecule has 1 unspecified atom stereocenters. The topological polar surface area (TPSA) is 52.6 Å². The van der Waals surface area contributed by atoms with E-state index in [2.05, 4.69) is 10.2 Å². The molecule has 2 aliphatic rings. The maximum absolute atomic E-state index is 11.9. The molecule has 2 N–H and O–H groups in total. The summed E-state index contributed by atoms with van der Waals surface area (Å²) in [5.74, 6) is 0.106. The number of nitrogens with one attached hydrogen (secondary N) is 1. The van der Waals surface area contributed by atoms with E-state index in [1.165, 1.54) is 38.5 Å². The van der Waals surface area contributed by atoms with Gasteiger partial charge in [0.1, 0.15) is 0 Å². The first-order valence-corrected chi connectivity index (χ1v) is 6.97. The first-order valence-electron chi connectivity index (χ1n) is 6.97. The van der Waals surface area contributed by atoms with Crippen LogP contribution in [-0.4, -0.2) is 47.7 Å². The SMILES string of the molecule is O=C1NCCN(C2CCCCCC2)C1CCO. The van der Waals surface area contributed by atoms with E-state index in [1.54, 1.807) is 0 Å². The van der Waals surface area contributed by atoms with E-state index in [9.17, 15) is 4.79 Å². The Balaban J connectivity index is 2.01. The number of carbonyl (C=O) groups is 1. The highest BCUT2D eigenvalue weighted by Crippen LogP contribution is 2.25. The monoisotopic (exact) mass is 240 g/mol. The standard InChI is InChI=1S/C13H24N2O2/c16-10-7-12-13(17)14-8-9-15(12)11-5-3-1-2-4-6-11/h11-12,16H,1-10H2,(H,14,17). The number of piperazine rings is 1. The molecule has 4 heteroatoms. The Morgan fingerprint density at radius 1 is 1.24 bits per heavy atom. The molecule has 1 amide bonds. The molecule has 1 atom stereocenters. The molecule has 4 nitrogen and oxygen atoms in total. The van der Waals surface area contributed by atoms with Gasteiger partial charge in [0.2, 0.25) is 5.91 Å². The fourth-order valence-corrected chi connectivity index (χ4v) is 3.18. The largest absolute Gasteiger partial charge is 0.396 e. The zero-order chi connectivity index (χ0) is 12.1. The van der Waals surface area contributed by atoms with Crippen molar-refractivity contribution in [3.05, 3.63) is 0 Å². The van der Waals surface area contributed by atoms with Gasteiger partial charge in [0.15, 0.2) is 0 Å². The highest BCUT2D eigenvalue weighted by molar-refractivity contribution is 5.82. The molecule has 1 heterocycles. The molecule has 2 fully saturated rings. The Hall–Kier alpha value is -0.610. The second kappa shape index (κ2) is 6.36. The number of carbonyl (C=O) groups excluding carboxylic acids is 1. The predicted molar refractivity (Wildman–Crippen MR) is 66.7 cm³/mol. The number of amides is 1. The lowest BCUT2D eigenvalue weighted by Gasteiger charge is -2.40. The quantitative estimate of drug-likeness (QED) is 0.720. The van der Waals surface area contributed by atoms with E-state index in [4.69, 9.17) is 5.11 Å². The summed E-state index contributed by atoms with van der Waals surface area (Å²) in [5.41, 5.74) is 0. The van der Waals surface area contributed by atoms with Gasteiger partial charge in [0.25, 0.3) is 0 Å². The van der Waals surface area contributed by atoms with Crippen molar-refractivity contribution in [3.63, 3.8) is 0 Å². The summed E-state index contributed by atoms with van der Waals surface area (Å²) < 4.78 is 0. The summed E-state index contributed by atoms with van der Waals surface area (Å²) in [4.78, 5) is 14.2. The van der Waals surface area contributed by atoms with Crippen molar-refractivity contribution >= 4 is 5.91 Å². The average Bonchev–Trinajstić information content (AvgIpc) is 2.60. The minimum absolute atomic E-state index is 0.0985. The van der Waals surface area contributed by atoms with Crippen molar-refractivity contribution in [2.75, 3.05) is 19.7 Å². The van der Waals surface area contributed by atoms with Crippen LogP contribution in [0.2, 0.25) is 0 Å². The molecule has 0 aromatic heterocycles. The van der Waals surface area contributed by atoms with Gasteiger partial charge in [-0.05, 0) is 19.3 Å². The van der Waals surface area contributed by atoms with Gasteiger partial charge in [0.05, 0.1) is 6.04 Å². The second-order valence-electron chi connectivity index (χ2n) is 5.20. The summed E-state index contributed by atoms with van der Waals surface area (Å²) >= 11 is 0. The Kier molecular flexibility index (Phi) is 4.80. The second-order valence-corrected chi connectivity index (χ2v) is 5.20. The van der Waals surface area contributed by atoms with Crippen LogP contribution in [0.25, 0.3) is 0 Å². The lowest BCUT2D eigenvalue weighted by atomic mass is 10.0. The third kappa shape index (κ3) is 3.19. The van der Waals surface area contributed by atoms with Crippen molar-refractivity contribution in [1.29, 1.82) is 0 Å². The van der Waals surface area contributed by atoms with E-state index in [1.807, 2.05) is 0 Å². The fourth-order valence-electron chi connectivity index (χ4n) is 3.18. The van der Waals surface area contributed by atoms with E-state index < -0.39 is 0 Å². The van der Waals surface area contributed by atoms with E-state index >= 15 is 0 Å². The normalized spacial score (nSPS) is 28.8. The number of aliphatic hydroxyl groups excluding tert-OH is 1. The molecule has 0 aromatic rings. The molecular formula is C13H24N2O2. The van der Waals surface area contributed by atoms with Gasteiger partial charge in [-0.1, -0.05) is 25.7 Å². The van der Waals surface area contributed by atoms with Crippen molar-refractivity contribution in [3.8, 4) is 0 Å². The first kappa shape index (κ1) is 12.8. The number of rotatable bonds is 3. The molecule has 17 heavy (non-hydrogen) atoms. The molecular weight excluding hydrogens is 216 g/mol. The van der Waals surface area contributed by atoms with Crippen LogP contribution < -0.4 is 5.32 Å². The van der Waals surface area contributed by atoms with Crippen LogP contribution >= 0.6 is 0 Å². The summed E-state index contributed by atoms with van der Waals surface area (Å²) in [6, 6.07) is 0.456. The van der Waals surface area contributed by atoms with Crippen molar-refractivity contribution in [1.82, 2.24) is 10.2 Å². The summed E-state index contributed by atoms with van der Waals surface area (Å²) in [6.45, 7) is 1.81. The third-order valence-electron chi connectivity index (χ3n) is 4.07. The number of hydrogen-bond acceptors (Lipinski definition) is 3. The van der Waals surface area contributed by atoms with Crippen molar-refractivity contribution in [2.45, 2.75) is 57.0 Å². The average molecular weight is 240 g/mol. The molecule has 2 rings (SSSR count). The lowest BCUT2D eigenvalue weighted by Crippen LogP contribution is -2.58. The van der Waals surface area contributed by atoms with Crippen LogP contribution in [0.3, 0.4) is 0 Å². The highest BCUT2D eigenvalue weighted by Gasteiger charge is 2.33. The molecule has 0 aromatic carbocycles. The summed E-state index contributed by atoms with van der Waals surface area (Å²) in [7, 11) is 0. The van der Waals surface area contributed by atoms with Gasteiger partial charge in [0, 0.05) is 25.7 Å². The third-order valence-corrected chi connectivity index (χ3v) is 4.07. The van der Waals surface area contributed by atoms with Crippen molar-refractivity contribution < 1.29 is 9.90 Å². The number of aliphatic hydroxyl groups is 1. The molecule has 98 valence electrons. The van der Waals surface area contributed by atoms with E-state index in [-0.39, 0.29) is 18.6 Å². The Bertz CT molecular complexity index is 250. The van der Waals surface area contributed by atoms with Gasteiger partial charge < -0.3 is 10.4 Å². The molecule has 0 radical (unpaired) electrons. The molecule has 1 saturated carbocycles. The van der Waals surface area contributed by atoms with Gasteiger partial charge in [-0.15, -0.1) is 0 Å². The fraction of sp³-hybridized carbons (Fsp3) is 0.923. The predicted octanol–water partition coefficient (Wildman–Crippen LogP) is 0.892.